The summed E-state index contributed by atoms with van der Waals surface area (Å²) in [5.41, 5.74) is 0. The number of aliphatic hydroxyl groups is 1. The first kappa shape index (κ1) is 15.9. The molecule has 1 fully saturated rings. The van der Waals surface area contributed by atoms with E-state index in [1.807, 2.05) is 6.92 Å². The van der Waals surface area contributed by atoms with Crippen LogP contribution in [0.4, 0.5) is 0 Å². The molecule has 0 aliphatic carbocycles. The second-order valence-corrected chi connectivity index (χ2v) is 7.38. The van der Waals surface area contributed by atoms with Gasteiger partial charge in [0.15, 0.2) is 0 Å². The van der Waals surface area contributed by atoms with Crippen LogP contribution >= 0.6 is 0 Å². The highest BCUT2D eigenvalue weighted by molar-refractivity contribution is 7.89. The summed E-state index contributed by atoms with van der Waals surface area (Å²) in [6.45, 7) is 7.01. The summed E-state index contributed by atoms with van der Waals surface area (Å²) in [7, 11) is -3.24. The highest BCUT2D eigenvalue weighted by atomic mass is 32.2. The van der Waals surface area contributed by atoms with Crippen LogP contribution in [-0.4, -0.2) is 55.4 Å². The van der Waals surface area contributed by atoms with Crippen molar-refractivity contribution in [3.63, 3.8) is 0 Å². The molecule has 18 heavy (non-hydrogen) atoms. The zero-order valence-corrected chi connectivity index (χ0v) is 12.4. The van der Waals surface area contributed by atoms with Gasteiger partial charge in [0.05, 0.1) is 18.4 Å². The minimum absolute atomic E-state index is 0.122. The van der Waals surface area contributed by atoms with Gasteiger partial charge in [-0.05, 0) is 12.3 Å². The van der Waals surface area contributed by atoms with Crippen molar-refractivity contribution >= 4 is 10.0 Å². The molecular weight excluding hydrogens is 252 g/mol. The lowest BCUT2D eigenvalue weighted by molar-refractivity contribution is 0.132. The fourth-order valence-electron chi connectivity index (χ4n) is 2.18. The lowest BCUT2D eigenvalue weighted by Gasteiger charge is -2.40. The molecule has 5 nitrogen and oxygen atoms in total. The zero-order valence-electron chi connectivity index (χ0n) is 11.6. The van der Waals surface area contributed by atoms with Crippen molar-refractivity contribution in [3.8, 4) is 0 Å². The second-order valence-electron chi connectivity index (χ2n) is 5.33. The van der Waals surface area contributed by atoms with Gasteiger partial charge in [0.2, 0.25) is 10.0 Å². The van der Waals surface area contributed by atoms with Gasteiger partial charge >= 0.3 is 0 Å². The van der Waals surface area contributed by atoms with Crippen molar-refractivity contribution < 1.29 is 13.5 Å². The third-order valence-corrected chi connectivity index (χ3v) is 5.49. The second kappa shape index (κ2) is 6.84. The Labute approximate surface area is 111 Å². The standard InChI is InChI=1S/C12H26N2O3S/c1-4-5-6-18(16,17)14-8-12(10(2)3)13-7-11(14)9-15/h10-13,15H,4-9H2,1-3H3. The predicted octanol–water partition coefficient (Wildman–Crippen LogP) is 0.407. The van der Waals surface area contributed by atoms with Gasteiger partial charge < -0.3 is 10.4 Å². The van der Waals surface area contributed by atoms with Crippen LogP contribution in [0.25, 0.3) is 0 Å². The summed E-state index contributed by atoms with van der Waals surface area (Å²) < 4.78 is 26.0. The third-order valence-electron chi connectivity index (χ3n) is 3.53. The highest BCUT2D eigenvalue weighted by Gasteiger charge is 2.35. The number of nitrogens with zero attached hydrogens (tertiary/aromatic N) is 1. The molecule has 6 heteroatoms. The normalized spacial score (nSPS) is 26.7. The molecule has 2 atom stereocenters. The molecule has 2 unspecified atom stereocenters. The van der Waals surface area contributed by atoms with Gasteiger partial charge in [-0.2, -0.15) is 4.31 Å². The van der Waals surface area contributed by atoms with Gasteiger partial charge in [0.25, 0.3) is 0 Å². The molecule has 0 spiro atoms. The quantitative estimate of drug-likeness (QED) is 0.738. The van der Waals surface area contributed by atoms with Gasteiger partial charge in [0.1, 0.15) is 0 Å². The van der Waals surface area contributed by atoms with Crippen molar-refractivity contribution in [2.45, 2.75) is 45.7 Å². The van der Waals surface area contributed by atoms with E-state index >= 15 is 0 Å². The first-order valence-electron chi connectivity index (χ1n) is 6.76. The number of unbranched alkanes of at least 4 members (excludes halogenated alkanes) is 1. The van der Waals surface area contributed by atoms with Crippen LogP contribution in [0.3, 0.4) is 0 Å². The molecule has 2 N–H and O–H groups in total. The Bertz CT molecular complexity index is 343. The van der Waals surface area contributed by atoms with Crippen LogP contribution in [0.2, 0.25) is 0 Å². The number of rotatable bonds is 6. The van der Waals surface area contributed by atoms with Crippen LogP contribution in [0, 0.1) is 5.92 Å². The van der Waals surface area contributed by atoms with Crippen LogP contribution in [0.5, 0.6) is 0 Å². The Hall–Kier alpha value is -0.170. The number of hydrogen-bond acceptors (Lipinski definition) is 4. The Kier molecular flexibility index (Phi) is 6.04. The summed E-state index contributed by atoms with van der Waals surface area (Å²) >= 11 is 0. The molecule has 1 heterocycles. The molecule has 0 aromatic carbocycles. The van der Waals surface area contributed by atoms with E-state index in [0.29, 0.717) is 25.4 Å². The zero-order chi connectivity index (χ0) is 13.8. The van der Waals surface area contributed by atoms with Crippen LogP contribution < -0.4 is 5.32 Å². The molecule has 0 bridgehead atoms. The largest absolute Gasteiger partial charge is 0.395 e. The van der Waals surface area contributed by atoms with Gasteiger partial charge in [-0.25, -0.2) is 8.42 Å². The van der Waals surface area contributed by atoms with Crippen molar-refractivity contribution in [1.82, 2.24) is 9.62 Å². The minimum Gasteiger partial charge on any atom is -0.395 e. The van der Waals surface area contributed by atoms with Gasteiger partial charge in [-0.15, -0.1) is 0 Å². The monoisotopic (exact) mass is 278 g/mol. The fraction of sp³-hybridized carbons (Fsp3) is 1.00. The Morgan fingerprint density at radius 1 is 1.44 bits per heavy atom. The van der Waals surface area contributed by atoms with E-state index in [4.69, 9.17) is 0 Å². The molecule has 1 rings (SSSR count). The molecule has 1 aliphatic heterocycles. The first-order chi connectivity index (χ1) is 8.42. The van der Waals surface area contributed by atoms with E-state index < -0.39 is 10.0 Å². The SMILES string of the molecule is CCCCS(=O)(=O)N1CC(C(C)C)NCC1CO. The van der Waals surface area contributed by atoms with E-state index in [2.05, 4.69) is 19.2 Å². The summed E-state index contributed by atoms with van der Waals surface area (Å²) in [5, 5.41) is 12.6. The smallest absolute Gasteiger partial charge is 0.214 e. The van der Waals surface area contributed by atoms with Gasteiger partial charge in [0, 0.05) is 19.1 Å². The van der Waals surface area contributed by atoms with Crippen LogP contribution in [0.1, 0.15) is 33.6 Å². The lowest BCUT2D eigenvalue weighted by atomic mass is 10.0. The molecule has 108 valence electrons. The average Bonchev–Trinajstić information content (AvgIpc) is 2.35. The van der Waals surface area contributed by atoms with E-state index in [9.17, 15) is 13.5 Å². The molecule has 0 saturated carbocycles. The predicted molar refractivity (Wildman–Crippen MR) is 72.9 cm³/mol. The maximum Gasteiger partial charge on any atom is 0.214 e. The molecular formula is C12H26N2O3S. The van der Waals surface area contributed by atoms with Crippen LogP contribution in [0.15, 0.2) is 0 Å². The number of aliphatic hydroxyl groups excluding tert-OH is 1. The number of piperazine rings is 1. The summed E-state index contributed by atoms with van der Waals surface area (Å²) in [5.74, 6) is 0.568. The molecule has 1 aliphatic rings. The topological polar surface area (TPSA) is 69.6 Å². The minimum atomic E-state index is -3.24. The van der Waals surface area contributed by atoms with E-state index in [1.54, 1.807) is 0 Å². The number of nitrogens with one attached hydrogen (secondary N) is 1. The Morgan fingerprint density at radius 2 is 2.11 bits per heavy atom. The average molecular weight is 278 g/mol. The summed E-state index contributed by atoms with van der Waals surface area (Å²) in [6.07, 6.45) is 1.54. The number of hydrogen-bond donors (Lipinski definition) is 2. The molecule has 1 saturated heterocycles. The van der Waals surface area contributed by atoms with Gasteiger partial charge in [-0.1, -0.05) is 27.2 Å². The van der Waals surface area contributed by atoms with E-state index in [1.165, 1.54) is 4.31 Å². The van der Waals surface area contributed by atoms with Crippen LogP contribution in [-0.2, 0) is 10.0 Å². The summed E-state index contributed by atoms with van der Waals surface area (Å²) in [4.78, 5) is 0. The van der Waals surface area contributed by atoms with Crippen molar-refractivity contribution in [1.29, 1.82) is 0 Å². The molecule has 0 amide bonds. The van der Waals surface area contributed by atoms with E-state index in [0.717, 1.165) is 6.42 Å². The highest BCUT2D eigenvalue weighted by Crippen LogP contribution is 2.17. The third kappa shape index (κ3) is 3.91. The summed E-state index contributed by atoms with van der Waals surface area (Å²) in [6, 6.07) is -0.147. The van der Waals surface area contributed by atoms with Crippen molar-refractivity contribution in [2.75, 3.05) is 25.4 Å². The molecule has 0 aromatic heterocycles. The molecule has 0 aromatic rings. The van der Waals surface area contributed by atoms with Crippen molar-refractivity contribution in [3.05, 3.63) is 0 Å². The maximum atomic E-state index is 12.3. The maximum absolute atomic E-state index is 12.3. The fourth-order valence-corrected chi connectivity index (χ4v) is 4.05. The van der Waals surface area contributed by atoms with Gasteiger partial charge in [-0.3, -0.25) is 0 Å². The number of sulfonamides is 1. The van der Waals surface area contributed by atoms with Crippen molar-refractivity contribution in [2.24, 2.45) is 5.92 Å². The van der Waals surface area contributed by atoms with E-state index in [-0.39, 0.29) is 24.4 Å². The Morgan fingerprint density at radius 3 is 2.61 bits per heavy atom. The lowest BCUT2D eigenvalue weighted by Crippen LogP contribution is -2.61. The first-order valence-corrected chi connectivity index (χ1v) is 8.37. The molecule has 0 radical (unpaired) electrons. The Balaban J connectivity index is 2.79.